The van der Waals surface area contributed by atoms with Crippen molar-refractivity contribution in [1.29, 1.82) is 0 Å². The van der Waals surface area contributed by atoms with Crippen molar-refractivity contribution in [2.75, 3.05) is 25.0 Å². The van der Waals surface area contributed by atoms with E-state index in [1.54, 1.807) is 18.2 Å². The van der Waals surface area contributed by atoms with Crippen molar-refractivity contribution in [1.82, 2.24) is 19.9 Å². The standard InChI is InChI=1S/C30H32F3N5/c1-2-26(38-18-7-4-8-19-38)29-36-25-20-22(27-24(30(31,32)33)12-9-16-34-27)13-14-23(25)28(37-29)35-17-15-21-10-5-3-6-11-21/h3,5-6,9-14,16,20,26H,2,4,7-8,15,17-19H2,1H3,(H,35,36,37). The molecular formula is C30H32F3N5. The maximum absolute atomic E-state index is 13.7. The van der Waals surface area contributed by atoms with E-state index in [1.807, 2.05) is 18.2 Å². The number of nitrogens with zero attached hydrogens (tertiary/aromatic N) is 4. The zero-order valence-electron chi connectivity index (χ0n) is 21.5. The van der Waals surface area contributed by atoms with E-state index in [2.05, 4.69) is 34.3 Å². The smallest absolute Gasteiger partial charge is 0.369 e. The molecule has 0 amide bonds. The third kappa shape index (κ3) is 5.80. The monoisotopic (exact) mass is 519 g/mol. The summed E-state index contributed by atoms with van der Waals surface area (Å²) in [7, 11) is 0. The molecule has 5 nitrogen and oxygen atoms in total. The first-order valence-corrected chi connectivity index (χ1v) is 13.3. The number of hydrogen-bond donors (Lipinski definition) is 1. The van der Waals surface area contributed by atoms with Gasteiger partial charge in [-0.25, -0.2) is 9.97 Å². The molecule has 38 heavy (non-hydrogen) atoms. The average molecular weight is 520 g/mol. The molecule has 0 aliphatic carbocycles. The maximum Gasteiger partial charge on any atom is 0.418 e. The summed E-state index contributed by atoms with van der Waals surface area (Å²) in [5.74, 6) is 1.42. The lowest BCUT2D eigenvalue weighted by Crippen LogP contribution is -2.34. The SMILES string of the molecule is CCC(c1nc(NCCc2ccccc2)c2ccc(-c3ncccc3C(F)(F)F)cc2n1)N1CCCCC1. The van der Waals surface area contributed by atoms with E-state index in [9.17, 15) is 13.2 Å². The predicted molar refractivity (Wildman–Crippen MR) is 145 cm³/mol. The Morgan fingerprint density at radius 1 is 0.947 bits per heavy atom. The highest BCUT2D eigenvalue weighted by molar-refractivity contribution is 5.92. The first-order valence-electron chi connectivity index (χ1n) is 13.3. The third-order valence-corrected chi connectivity index (χ3v) is 7.17. The average Bonchev–Trinajstić information content (AvgIpc) is 2.94. The molecule has 1 saturated heterocycles. The van der Waals surface area contributed by atoms with Crippen LogP contribution in [0.15, 0.2) is 66.9 Å². The first-order chi connectivity index (χ1) is 18.4. The summed E-state index contributed by atoms with van der Waals surface area (Å²) in [5.41, 5.74) is 1.37. The Balaban J connectivity index is 1.55. The van der Waals surface area contributed by atoms with Crippen molar-refractivity contribution < 1.29 is 13.2 Å². The molecule has 1 aliphatic heterocycles. The fraction of sp³-hybridized carbons (Fsp3) is 0.367. The Hall–Kier alpha value is -3.52. The van der Waals surface area contributed by atoms with Crippen LogP contribution in [0.3, 0.4) is 0 Å². The minimum atomic E-state index is -4.50. The Kier molecular flexibility index (Phi) is 7.88. The van der Waals surface area contributed by atoms with Gasteiger partial charge in [-0.05, 0) is 68.6 Å². The Bertz CT molecular complexity index is 1370. The summed E-state index contributed by atoms with van der Waals surface area (Å²) in [5, 5.41) is 4.27. The van der Waals surface area contributed by atoms with Gasteiger partial charge in [-0.15, -0.1) is 0 Å². The molecular weight excluding hydrogens is 487 g/mol. The molecule has 0 saturated carbocycles. The molecule has 198 valence electrons. The van der Waals surface area contributed by atoms with Crippen LogP contribution in [-0.2, 0) is 12.6 Å². The number of piperidine rings is 1. The third-order valence-electron chi connectivity index (χ3n) is 7.17. The van der Waals surface area contributed by atoms with E-state index in [0.717, 1.165) is 50.2 Å². The van der Waals surface area contributed by atoms with E-state index < -0.39 is 11.7 Å². The number of rotatable bonds is 8. The van der Waals surface area contributed by atoms with Gasteiger partial charge in [0, 0.05) is 23.7 Å². The van der Waals surface area contributed by atoms with Crippen LogP contribution in [0.5, 0.6) is 0 Å². The molecule has 2 aromatic carbocycles. The Labute approximate surface area is 221 Å². The topological polar surface area (TPSA) is 53.9 Å². The fourth-order valence-corrected chi connectivity index (χ4v) is 5.25. The molecule has 1 atom stereocenters. The number of benzene rings is 2. The number of halogens is 3. The number of fused-ring (bicyclic) bond motifs is 1. The summed E-state index contributed by atoms with van der Waals surface area (Å²) < 4.78 is 41.2. The molecule has 0 radical (unpaired) electrons. The second kappa shape index (κ2) is 11.5. The zero-order valence-corrected chi connectivity index (χ0v) is 21.5. The van der Waals surface area contributed by atoms with Crippen LogP contribution in [0.4, 0.5) is 19.0 Å². The van der Waals surface area contributed by atoms with E-state index in [-0.39, 0.29) is 11.7 Å². The molecule has 1 N–H and O–H groups in total. The number of likely N-dealkylation sites (tertiary alicyclic amines) is 1. The number of pyridine rings is 1. The Morgan fingerprint density at radius 2 is 1.74 bits per heavy atom. The van der Waals surface area contributed by atoms with Crippen molar-refractivity contribution >= 4 is 16.7 Å². The molecule has 8 heteroatoms. The summed E-state index contributed by atoms with van der Waals surface area (Å²) in [6.07, 6.45) is 2.10. The number of aromatic nitrogens is 3. The summed E-state index contributed by atoms with van der Waals surface area (Å²) in [6, 6.07) is 17.8. The van der Waals surface area contributed by atoms with Gasteiger partial charge >= 0.3 is 6.18 Å². The first kappa shape index (κ1) is 26.1. The molecule has 2 aromatic heterocycles. The Morgan fingerprint density at radius 3 is 2.47 bits per heavy atom. The van der Waals surface area contributed by atoms with E-state index in [4.69, 9.17) is 9.97 Å². The van der Waals surface area contributed by atoms with Crippen LogP contribution in [0, 0.1) is 0 Å². The highest BCUT2D eigenvalue weighted by Gasteiger charge is 2.34. The number of anilines is 1. The largest absolute Gasteiger partial charge is 0.418 e. The fourth-order valence-electron chi connectivity index (χ4n) is 5.25. The summed E-state index contributed by atoms with van der Waals surface area (Å²) in [4.78, 5) is 16.4. The summed E-state index contributed by atoms with van der Waals surface area (Å²) >= 11 is 0. The van der Waals surface area contributed by atoms with Gasteiger partial charge in [-0.3, -0.25) is 9.88 Å². The van der Waals surface area contributed by atoms with Gasteiger partial charge in [-0.1, -0.05) is 49.7 Å². The van der Waals surface area contributed by atoms with Crippen LogP contribution in [0.2, 0.25) is 0 Å². The molecule has 1 aliphatic rings. The van der Waals surface area contributed by atoms with Gasteiger partial charge in [-0.2, -0.15) is 13.2 Å². The molecule has 4 aromatic rings. The molecule has 1 fully saturated rings. The minimum Gasteiger partial charge on any atom is -0.369 e. The number of nitrogens with one attached hydrogen (secondary N) is 1. The van der Waals surface area contributed by atoms with E-state index in [0.29, 0.717) is 29.3 Å². The predicted octanol–water partition coefficient (Wildman–Crippen LogP) is 7.30. The van der Waals surface area contributed by atoms with Crippen LogP contribution in [-0.4, -0.2) is 39.5 Å². The lowest BCUT2D eigenvalue weighted by Gasteiger charge is -2.33. The van der Waals surface area contributed by atoms with Crippen LogP contribution in [0.1, 0.15) is 55.6 Å². The normalized spacial score (nSPS) is 15.5. The van der Waals surface area contributed by atoms with E-state index >= 15 is 0 Å². The number of hydrogen-bond acceptors (Lipinski definition) is 5. The second-order valence-electron chi connectivity index (χ2n) is 9.74. The molecule has 3 heterocycles. The van der Waals surface area contributed by atoms with Crippen molar-refractivity contribution in [3.63, 3.8) is 0 Å². The van der Waals surface area contributed by atoms with E-state index in [1.165, 1.54) is 24.2 Å². The van der Waals surface area contributed by atoms with Crippen molar-refractivity contribution in [3.8, 4) is 11.3 Å². The van der Waals surface area contributed by atoms with Crippen molar-refractivity contribution in [2.24, 2.45) is 0 Å². The van der Waals surface area contributed by atoms with Gasteiger partial charge in [0.05, 0.1) is 22.8 Å². The van der Waals surface area contributed by atoms with Gasteiger partial charge in [0.2, 0.25) is 0 Å². The van der Waals surface area contributed by atoms with Crippen LogP contribution >= 0.6 is 0 Å². The lowest BCUT2D eigenvalue weighted by atomic mass is 10.0. The van der Waals surface area contributed by atoms with Gasteiger partial charge in [0.15, 0.2) is 0 Å². The highest BCUT2D eigenvalue weighted by atomic mass is 19.4. The van der Waals surface area contributed by atoms with Gasteiger partial charge in [0.25, 0.3) is 0 Å². The number of alkyl halides is 3. The quantitative estimate of drug-likeness (QED) is 0.265. The molecule has 0 bridgehead atoms. The molecule has 0 spiro atoms. The van der Waals surface area contributed by atoms with Gasteiger partial charge < -0.3 is 5.32 Å². The lowest BCUT2D eigenvalue weighted by molar-refractivity contribution is -0.137. The van der Waals surface area contributed by atoms with Crippen LogP contribution in [0.25, 0.3) is 22.2 Å². The maximum atomic E-state index is 13.7. The zero-order chi connectivity index (χ0) is 26.5. The van der Waals surface area contributed by atoms with Crippen molar-refractivity contribution in [3.05, 3.63) is 83.8 Å². The minimum absolute atomic E-state index is 0.0543. The van der Waals surface area contributed by atoms with Gasteiger partial charge in [0.1, 0.15) is 11.6 Å². The van der Waals surface area contributed by atoms with Crippen molar-refractivity contribution in [2.45, 2.75) is 51.2 Å². The molecule has 1 unspecified atom stereocenters. The van der Waals surface area contributed by atoms with Crippen LogP contribution < -0.4 is 5.32 Å². The molecule has 5 rings (SSSR count). The highest BCUT2D eigenvalue weighted by Crippen LogP contribution is 2.37. The second-order valence-corrected chi connectivity index (χ2v) is 9.74. The summed E-state index contributed by atoms with van der Waals surface area (Å²) in [6.45, 7) is 4.81.